The molecule has 84 valence electrons. The van der Waals surface area contributed by atoms with Crippen LogP contribution in [0.25, 0.3) is 0 Å². The molecule has 0 aromatic carbocycles. The van der Waals surface area contributed by atoms with Gasteiger partial charge in [0.2, 0.25) is 0 Å². The summed E-state index contributed by atoms with van der Waals surface area (Å²) in [5, 5.41) is 3.59. The Kier molecular flexibility index (Phi) is 4.90. The van der Waals surface area contributed by atoms with Crippen molar-refractivity contribution in [1.29, 1.82) is 0 Å². The predicted octanol–water partition coefficient (Wildman–Crippen LogP) is 2.25. The lowest BCUT2D eigenvalue weighted by Crippen LogP contribution is -2.52. The van der Waals surface area contributed by atoms with Gasteiger partial charge >= 0.3 is 0 Å². The van der Waals surface area contributed by atoms with Crippen LogP contribution in [0.1, 0.15) is 45.4 Å². The van der Waals surface area contributed by atoms with Crippen molar-refractivity contribution in [3.05, 3.63) is 0 Å². The first-order chi connectivity index (χ1) is 6.71. The molecule has 1 N–H and O–H groups in total. The van der Waals surface area contributed by atoms with E-state index in [0.717, 1.165) is 6.54 Å². The second kappa shape index (κ2) is 5.72. The maximum atomic E-state index is 3.59. The zero-order valence-electron chi connectivity index (χ0n) is 10.1. The number of rotatable bonds is 5. The first-order valence-corrected chi connectivity index (χ1v) is 6.09. The Labute approximate surface area is 89.1 Å². The summed E-state index contributed by atoms with van der Waals surface area (Å²) in [6.07, 6.45) is 8.23. The van der Waals surface area contributed by atoms with Gasteiger partial charge in [-0.3, -0.25) is 0 Å². The van der Waals surface area contributed by atoms with Gasteiger partial charge < -0.3 is 10.2 Å². The molecule has 2 nitrogen and oxygen atoms in total. The highest BCUT2D eigenvalue weighted by Crippen LogP contribution is 2.31. The highest BCUT2D eigenvalue weighted by molar-refractivity contribution is 4.92. The Hall–Kier alpha value is -0.0800. The molecule has 0 spiro atoms. The van der Waals surface area contributed by atoms with E-state index in [1.807, 2.05) is 0 Å². The fourth-order valence-electron chi connectivity index (χ4n) is 2.49. The van der Waals surface area contributed by atoms with Gasteiger partial charge in [-0.25, -0.2) is 0 Å². The number of hydrogen-bond donors (Lipinski definition) is 1. The molecule has 1 aliphatic rings. The predicted molar refractivity (Wildman–Crippen MR) is 62.7 cm³/mol. The van der Waals surface area contributed by atoms with Gasteiger partial charge in [0.15, 0.2) is 0 Å². The molecule has 0 heterocycles. The molecule has 0 aromatic rings. The lowest BCUT2D eigenvalue weighted by molar-refractivity contribution is 0.0989. The second-order valence-electron chi connectivity index (χ2n) is 4.86. The molecular formula is C12H26N2. The summed E-state index contributed by atoms with van der Waals surface area (Å²) in [5.41, 5.74) is 0.452. The SMILES string of the molecule is CCCNCC1(N(C)C)CCCCC1. The number of hydrogen-bond acceptors (Lipinski definition) is 2. The van der Waals surface area contributed by atoms with Crippen molar-refractivity contribution in [3.63, 3.8) is 0 Å². The van der Waals surface area contributed by atoms with Crippen molar-refractivity contribution < 1.29 is 0 Å². The van der Waals surface area contributed by atoms with Crippen LogP contribution in [0.4, 0.5) is 0 Å². The maximum absolute atomic E-state index is 3.59. The van der Waals surface area contributed by atoms with Gasteiger partial charge in [-0.15, -0.1) is 0 Å². The largest absolute Gasteiger partial charge is 0.315 e. The van der Waals surface area contributed by atoms with Crippen molar-refractivity contribution in [3.8, 4) is 0 Å². The summed E-state index contributed by atoms with van der Waals surface area (Å²) in [5.74, 6) is 0. The Balaban J connectivity index is 2.43. The van der Waals surface area contributed by atoms with Crippen LogP contribution in [-0.2, 0) is 0 Å². The van der Waals surface area contributed by atoms with Gasteiger partial charge in [-0.1, -0.05) is 26.2 Å². The Morgan fingerprint density at radius 3 is 2.29 bits per heavy atom. The van der Waals surface area contributed by atoms with Crippen molar-refractivity contribution in [1.82, 2.24) is 10.2 Å². The first-order valence-electron chi connectivity index (χ1n) is 6.09. The standard InChI is InChI=1S/C12H26N2/c1-4-10-13-11-12(14(2)3)8-6-5-7-9-12/h13H,4-11H2,1-3H3. The van der Waals surface area contributed by atoms with E-state index < -0.39 is 0 Å². The van der Waals surface area contributed by atoms with Gasteiger partial charge in [0.25, 0.3) is 0 Å². The lowest BCUT2D eigenvalue weighted by atomic mass is 9.80. The summed E-state index contributed by atoms with van der Waals surface area (Å²) in [6.45, 7) is 4.57. The van der Waals surface area contributed by atoms with Crippen LogP contribution in [0.15, 0.2) is 0 Å². The zero-order valence-corrected chi connectivity index (χ0v) is 10.1. The first kappa shape index (κ1) is 12.0. The van der Waals surface area contributed by atoms with Crippen LogP contribution in [0.3, 0.4) is 0 Å². The second-order valence-corrected chi connectivity index (χ2v) is 4.86. The molecule has 0 unspecified atom stereocenters. The van der Waals surface area contributed by atoms with Gasteiger partial charge in [-0.05, 0) is 39.9 Å². The van der Waals surface area contributed by atoms with Gasteiger partial charge in [0, 0.05) is 12.1 Å². The third-order valence-electron chi connectivity index (χ3n) is 3.61. The van der Waals surface area contributed by atoms with Gasteiger partial charge in [0.1, 0.15) is 0 Å². The molecule has 0 aliphatic heterocycles. The molecule has 2 heteroatoms. The van der Waals surface area contributed by atoms with E-state index in [9.17, 15) is 0 Å². The molecule has 1 saturated carbocycles. The van der Waals surface area contributed by atoms with E-state index in [4.69, 9.17) is 0 Å². The third kappa shape index (κ3) is 2.96. The van der Waals surface area contributed by atoms with E-state index in [1.165, 1.54) is 45.1 Å². The van der Waals surface area contributed by atoms with E-state index in [0.29, 0.717) is 5.54 Å². The molecule has 0 bridgehead atoms. The van der Waals surface area contributed by atoms with Crippen LogP contribution in [0, 0.1) is 0 Å². The average Bonchev–Trinajstić information content (AvgIpc) is 2.19. The number of likely N-dealkylation sites (N-methyl/N-ethyl adjacent to an activating group) is 1. The van der Waals surface area contributed by atoms with Crippen LogP contribution >= 0.6 is 0 Å². The minimum Gasteiger partial charge on any atom is -0.315 e. The molecule has 1 aliphatic carbocycles. The maximum Gasteiger partial charge on any atom is 0.0327 e. The molecule has 0 saturated heterocycles. The van der Waals surface area contributed by atoms with E-state index in [1.54, 1.807) is 0 Å². The highest BCUT2D eigenvalue weighted by atomic mass is 15.2. The summed E-state index contributed by atoms with van der Waals surface area (Å²) in [6, 6.07) is 0. The normalized spacial score (nSPS) is 21.4. The van der Waals surface area contributed by atoms with Gasteiger partial charge in [0.05, 0.1) is 0 Å². The van der Waals surface area contributed by atoms with E-state index in [-0.39, 0.29) is 0 Å². The Morgan fingerprint density at radius 1 is 1.14 bits per heavy atom. The fraction of sp³-hybridized carbons (Fsp3) is 1.00. The molecule has 14 heavy (non-hydrogen) atoms. The van der Waals surface area contributed by atoms with E-state index >= 15 is 0 Å². The Bertz CT molecular complexity index is 148. The average molecular weight is 198 g/mol. The van der Waals surface area contributed by atoms with Crippen molar-refractivity contribution in [2.45, 2.75) is 51.0 Å². The molecule has 0 radical (unpaired) electrons. The van der Waals surface area contributed by atoms with E-state index in [2.05, 4.69) is 31.2 Å². The summed E-state index contributed by atoms with van der Waals surface area (Å²) >= 11 is 0. The van der Waals surface area contributed by atoms with Crippen LogP contribution in [0.5, 0.6) is 0 Å². The van der Waals surface area contributed by atoms with Crippen LogP contribution in [0.2, 0.25) is 0 Å². The summed E-state index contributed by atoms with van der Waals surface area (Å²) in [7, 11) is 4.47. The molecule has 1 fully saturated rings. The minimum atomic E-state index is 0.452. The monoisotopic (exact) mass is 198 g/mol. The minimum absolute atomic E-state index is 0.452. The number of nitrogens with zero attached hydrogens (tertiary/aromatic N) is 1. The van der Waals surface area contributed by atoms with Crippen molar-refractivity contribution in [2.24, 2.45) is 0 Å². The topological polar surface area (TPSA) is 15.3 Å². The van der Waals surface area contributed by atoms with Crippen LogP contribution < -0.4 is 5.32 Å². The smallest absolute Gasteiger partial charge is 0.0327 e. The summed E-state index contributed by atoms with van der Waals surface area (Å²) in [4.78, 5) is 2.44. The van der Waals surface area contributed by atoms with Crippen molar-refractivity contribution in [2.75, 3.05) is 27.2 Å². The molecule has 0 atom stereocenters. The van der Waals surface area contributed by atoms with Gasteiger partial charge in [-0.2, -0.15) is 0 Å². The van der Waals surface area contributed by atoms with Crippen molar-refractivity contribution >= 4 is 0 Å². The Morgan fingerprint density at radius 2 is 1.79 bits per heavy atom. The lowest BCUT2D eigenvalue weighted by Gasteiger charge is -2.43. The quantitative estimate of drug-likeness (QED) is 0.682. The number of nitrogens with one attached hydrogen (secondary N) is 1. The molecule has 1 rings (SSSR count). The molecular weight excluding hydrogens is 172 g/mol. The fourth-order valence-corrected chi connectivity index (χ4v) is 2.49. The summed E-state index contributed by atoms with van der Waals surface area (Å²) < 4.78 is 0. The van der Waals surface area contributed by atoms with Crippen LogP contribution in [-0.4, -0.2) is 37.6 Å². The molecule has 0 amide bonds. The third-order valence-corrected chi connectivity index (χ3v) is 3.61. The highest BCUT2D eigenvalue weighted by Gasteiger charge is 2.33. The zero-order chi connectivity index (χ0) is 10.4. The molecule has 0 aromatic heterocycles.